The quantitative estimate of drug-likeness (QED) is 0.209. The molecule has 0 aliphatic rings. The molecule has 0 fully saturated rings. The second-order valence-corrected chi connectivity index (χ2v) is 9.84. The maximum Gasteiger partial charge on any atom is 0.127 e. The van der Waals surface area contributed by atoms with E-state index in [0.717, 1.165) is 43.9 Å². The van der Waals surface area contributed by atoms with Gasteiger partial charge in [0.25, 0.3) is 0 Å². The van der Waals surface area contributed by atoms with E-state index in [4.69, 9.17) is 15.7 Å². The average molecular weight is 496 g/mol. The molecule has 0 amide bonds. The van der Waals surface area contributed by atoms with Crippen LogP contribution in [-0.4, -0.2) is 30.4 Å². The van der Waals surface area contributed by atoms with Crippen LogP contribution in [0.3, 0.4) is 0 Å². The summed E-state index contributed by atoms with van der Waals surface area (Å²) < 4.78 is 1.91. The summed E-state index contributed by atoms with van der Waals surface area (Å²) in [5.74, 6) is 0.180. The maximum atomic E-state index is 10.8. The summed E-state index contributed by atoms with van der Waals surface area (Å²) in [7, 11) is 12.2. The van der Waals surface area contributed by atoms with Gasteiger partial charge in [-0.15, -0.1) is 0 Å². The van der Waals surface area contributed by atoms with Crippen molar-refractivity contribution in [2.45, 2.75) is 5.40 Å². The molecule has 5 heteroatoms. The smallest absolute Gasteiger partial charge is 0.127 e. The predicted octanol–water partition coefficient (Wildman–Crippen LogP) is 7.11. The van der Waals surface area contributed by atoms with Gasteiger partial charge >= 0.3 is 0 Å². The van der Waals surface area contributed by atoms with Crippen LogP contribution in [0.2, 0.25) is 0 Å². The molecule has 0 spiro atoms. The lowest BCUT2D eigenvalue weighted by Gasteiger charge is -2.24. The van der Waals surface area contributed by atoms with E-state index in [1.807, 2.05) is 47.0 Å². The number of nitrogens with zero attached hydrogens (tertiary/aromatic N) is 2. The molecule has 39 heavy (non-hydrogen) atoms. The number of hydrogen-bond donors (Lipinski definition) is 1. The van der Waals surface area contributed by atoms with Crippen molar-refractivity contribution in [3.63, 3.8) is 0 Å². The fraction of sp³-hybridized carbons (Fsp3) is 0.0294. The summed E-state index contributed by atoms with van der Waals surface area (Å²) >= 11 is 0. The minimum Gasteiger partial charge on any atom is -0.402 e. The van der Waals surface area contributed by atoms with Gasteiger partial charge < -0.3 is 5.11 Å². The van der Waals surface area contributed by atoms with Crippen LogP contribution < -0.4 is 0 Å². The highest BCUT2D eigenvalue weighted by Crippen LogP contribution is 2.43. The van der Waals surface area contributed by atoms with Crippen molar-refractivity contribution in [1.82, 2.24) is 9.55 Å². The zero-order valence-corrected chi connectivity index (χ0v) is 21.1. The molecule has 1 heterocycles. The van der Waals surface area contributed by atoms with Crippen molar-refractivity contribution < 1.29 is 5.11 Å². The number of imidazole rings is 1. The largest absolute Gasteiger partial charge is 0.402 e. The minimum atomic E-state index is -2.13. The van der Waals surface area contributed by atoms with Gasteiger partial charge in [0.1, 0.15) is 21.5 Å². The Bertz CT molecular complexity index is 1930. The first-order chi connectivity index (χ1) is 19.0. The lowest BCUT2D eigenvalue weighted by molar-refractivity contribution is 0.205. The van der Waals surface area contributed by atoms with Crippen LogP contribution in [0.15, 0.2) is 127 Å². The second kappa shape index (κ2) is 9.00. The van der Waals surface area contributed by atoms with Gasteiger partial charge in [0.15, 0.2) is 0 Å². The molecular formula is C34H22B2N2O. The molecule has 180 valence electrons. The highest BCUT2D eigenvalue weighted by molar-refractivity contribution is 6.38. The summed E-state index contributed by atoms with van der Waals surface area (Å²) in [6.07, 6.45) is 0. The van der Waals surface area contributed by atoms with E-state index in [1.54, 1.807) is 0 Å². The molecule has 1 N–H and O–H groups in total. The van der Waals surface area contributed by atoms with Crippen molar-refractivity contribution >= 4 is 48.3 Å². The van der Waals surface area contributed by atoms with Gasteiger partial charge in [-0.1, -0.05) is 115 Å². The lowest BCUT2D eigenvalue weighted by Crippen LogP contribution is -2.30. The third kappa shape index (κ3) is 3.86. The normalized spacial score (nSPS) is 11.9. The Labute approximate surface area is 229 Å². The van der Waals surface area contributed by atoms with Crippen LogP contribution >= 0.6 is 0 Å². The molecule has 0 saturated heterocycles. The first-order valence-electron chi connectivity index (χ1n) is 12.9. The third-order valence-corrected chi connectivity index (χ3v) is 7.33. The number of benzene rings is 6. The first-order valence-corrected chi connectivity index (χ1v) is 12.9. The molecule has 7 rings (SSSR count). The van der Waals surface area contributed by atoms with E-state index in [-0.39, 0.29) is 5.82 Å². The van der Waals surface area contributed by atoms with E-state index >= 15 is 0 Å². The van der Waals surface area contributed by atoms with Crippen molar-refractivity contribution in [1.29, 1.82) is 0 Å². The SMILES string of the molecule is [B]C([B])(O)c1nc2ccccc2n1-c1c2ccccc2c(-c2ccc(-c3ccccc3)cc2)c2ccccc12. The Balaban J connectivity index is 1.57. The Morgan fingerprint density at radius 3 is 1.64 bits per heavy atom. The number of para-hydroxylation sites is 2. The second-order valence-electron chi connectivity index (χ2n) is 9.84. The Morgan fingerprint density at radius 1 is 0.538 bits per heavy atom. The Hall–Kier alpha value is -4.60. The van der Waals surface area contributed by atoms with E-state index in [2.05, 4.69) is 89.9 Å². The van der Waals surface area contributed by atoms with Crippen molar-refractivity contribution in [2.24, 2.45) is 0 Å². The van der Waals surface area contributed by atoms with E-state index < -0.39 is 5.40 Å². The summed E-state index contributed by atoms with van der Waals surface area (Å²) in [6, 6.07) is 43.5. The molecule has 7 aromatic rings. The Kier molecular flexibility index (Phi) is 5.43. The highest BCUT2D eigenvalue weighted by Gasteiger charge is 2.27. The number of aliphatic hydroxyl groups is 1. The molecule has 0 aliphatic carbocycles. The average Bonchev–Trinajstić information content (AvgIpc) is 3.36. The molecule has 0 aliphatic heterocycles. The molecule has 1 aromatic heterocycles. The zero-order chi connectivity index (χ0) is 26.6. The lowest BCUT2D eigenvalue weighted by atomic mass is 9.65. The van der Waals surface area contributed by atoms with E-state index in [9.17, 15) is 5.11 Å². The number of aromatic nitrogens is 2. The fourth-order valence-electron chi connectivity index (χ4n) is 5.64. The van der Waals surface area contributed by atoms with Gasteiger partial charge in [0, 0.05) is 16.2 Å². The zero-order valence-electron chi connectivity index (χ0n) is 21.1. The highest BCUT2D eigenvalue weighted by atomic mass is 16.3. The molecule has 0 saturated carbocycles. The molecule has 6 aromatic carbocycles. The van der Waals surface area contributed by atoms with Gasteiger partial charge in [-0.25, -0.2) is 4.98 Å². The standard InChI is InChI=1S/C34H22B2N2O/c35-34(36,39)33-37-29-16-8-9-17-30(29)38(33)32-27-14-6-4-12-25(27)31(26-13-5-7-15-28(26)32)24-20-18-23(19-21-24)22-10-2-1-3-11-22/h1-21,39H. The van der Waals surface area contributed by atoms with Crippen LogP contribution in [-0.2, 0) is 5.40 Å². The van der Waals surface area contributed by atoms with Crippen LogP contribution in [0.4, 0.5) is 0 Å². The van der Waals surface area contributed by atoms with Crippen LogP contribution in [0, 0.1) is 0 Å². The predicted molar refractivity (Wildman–Crippen MR) is 162 cm³/mol. The summed E-state index contributed by atoms with van der Waals surface area (Å²) in [6.45, 7) is 0. The summed E-state index contributed by atoms with van der Waals surface area (Å²) in [5.41, 5.74) is 7.02. The van der Waals surface area contributed by atoms with Crippen LogP contribution in [0.5, 0.6) is 0 Å². The van der Waals surface area contributed by atoms with Gasteiger partial charge in [0.2, 0.25) is 0 Å². The topological polar surface area (TPSA) is 38.1 Å². The molecule has 0 unspecified atom stereocenters. The monoisotopic (exact) mass is 496 g/mol. The van der Waals surface area contributed by atoms with Crippen LogP contribution in [0.25, 0.3) is 60.5 Å². The molecular weight excluding hydrogens is 474 g/mol. The van der Waals surface area contributed by atoms with Crippen LogP contribution in [0.1, 0.15) is 5.82 Å². The number of hydrogen-bond acceptors (Lipinski definition) is 2. The third-order valence-electron chi connectivity index (χ3n) is 7.33. The Morgan fingerprint density at radius 2 is 1.03 bits per heavy atom. The van der Waals surface area contributed by atoms with Gasteiger partial charge in [-0.3, -0.25) is 4.57 Å². The van der Waals surface area contributed by atoms with Gasteiger partial charge in [-0.2, -0.15) is 0 Å². The van der Waals surface area contributed by atoms with Gasteiger partial charge in [-0.05, 0) is 45.2 Å². The molecule has 0 bridgehead atoms. The summed E-state index contributed by atoms with van der Waals surface area (Å²) in [4.78, 5) is 4.66. The number of rotatable bonds is 4. The number of fused-ring (bicyclic) bond motifs is 3. The summed E-state index contributed by atoms with van der Waals surface area (Å²) in [5, 5.41) is 12.8. The van der Waals surface area contributed by atoms with Crippen molar-refractivity contribution in [2.75, 3.05) is 0 Å². The van der Waals surface area contributed by atoms with E-state index in [1.165, 1.54) is 11.1 Å². The van der Waals surface area contributed by atoms with Gasteiger partial charge in [0.05, 0.1) is 16.7 Å². The van der Waals surface area contributed by atoms with Crippen molar-refractivity contribution in [3.05, 3.63) is 133 Å². The molecule has 3 nitrogen and oxygen atoms in total. The minimum absolute atomic E-state index is 0.180. The van der Waals surface area contributed by atoms with E-state index in [0.29, 0.717) is 5.52 Å². The molecule has 4 radical (unpaired) electrons. The maximum absolute atomic E-state index is 10.8. The fourth-order valence-corrected chi connectivity index (χ4v) is 5.64. The first kappa shape index (κ1) is 23.5. The molecule has 0 atom stereocenters. The van der Waals surface area contributed by atoms with Crippen molar-refractivity contribution in [3.8, 4) is 27.9 Å².